The molecule has 1 N–H and O–H groups in total. The van der Waals surface area contributed by atoms with E-state index in [-0.39, 0.29) is 62.5 Å². The first-order valence-corrected chi connectivity index (χ1v) is 13.5. The number of aromatic nitrogens is 2. The maximum Gasteiger partial charge on any atom is 0.335 e. The molecule has 6 rings (SSSR count). The molecule has 2 aliphatic heterocycles. The number of ether oxygens (including phenoxy) is 2. The summed E-state index contributed by atoms with van der Waals surface area (Å²) < 4.78 is 42.1. The van der Waals surface area contributed by atoms with Crippen LogP contribution in [-0.2, 0) is 24.4 Å². The molecule has 2 aliphatic rings. The molecular formula is C31H32F2N4O4S2. The number of carboxylic acids is 1. The minimum Gasteiger partial charge on any atom is -0.486 e. The number of carbonyl (C=O) groups is 1. The first-order chi connectivity index (χ1) is 19.9. The van der Waals surface area contributed by atoms with Crippen LogP contribution in [0.15, 0.2) is 54.6 Å². The Kier molecular flexibility index (Phi) is 10.3. The maximum absolute atomic E-state index is 14.6. The van der Waals surface area contributed by atoms with Crippen LogP contribution < -0.4 is 4.74 Å². The predicted molar refractivity (Wildman–Crippen MR) is 166 cm³/mol. The van der Waals surface area contributed by atoms with E-state index in [0.29, 0.717) is 18.7 Å². The van der Waals surface area contributed by atoms with Gasteiger partial charge in [0.25, 0.3) is 0 Å². The second-order valence-electron chi connectivity index (χ2n) is 10.5. The van der Waals surface area contributed by atoms with E-state index in [2.05, 4.69) is 9.47 Å². The molecule has 0 amide bonds. The van der Waals surface area contributed by atoms with Crippen molar-refractivity contribution in [3.05, 3.63) is 94.3 Å². The summed E-state index contributed by atoms with van der Waals surface area (Å²) in [7, 11) is 0. The third kappa shape index (κ3) is 6.96. The zero-order valence-corrected chi connectivity index (χ0v) is 25.2. The van der Waals surface area contributed by atoms with Gasteiger partial charge in [-0.3, -0.25) is 4.90 Å². The van der Waals surface area contributed by atoms with Crippen LogP contribution in [0, 0.1) is 23.0 Å². The third-order valence-corrected chi connectivity index (χ3v) is 7.88. The van der Waals surface area contributed by atoms with Gasteiger partial charge in [0, 0.05) is 18.7 Å². The predicted octanol–water partition coefficient (Wildman–Crippen LogP) is 5.47. The molecular weight excluding hydrogens is 594 g/mol. The highest BCUT2D eigenvalue weighted by Gasteiger charge is 2.28. The summed E-state index contributed by atoms with van der Waals surface area (Å²) >= 11 is 0. The van der Waals surface area contributed by atoms with Crippen LogP contribution in [0.3, 0.4) is 0 Å². The van der Waals surface area contributed by atoms with Gasteiger partial charge < -0.3 is 19.1 Å². The van der Waals surface area contributed by atoms with Crippen LogP contribution in [0.1, 0.15) is 51.6 Å². The van der Waals surface area contributed by atoms with Crippen LogP contribution in [0.4, 0.5) is 8.78 Å². The first kappa shape index (κ1) is 32.3. The van der Waals surface area contributed by atoms with E-state index in [4.69, 9.17) is 19.7 Å². The average molecular weight is 627 g/mol. The number of rotatable bonds is 9. The molecule has 0 radical (unpaired) electrons. The van der Waals surface area contributed by atoms with Crippen molar-refractivity contribution in [2.24, 2.45) is 0 Å². The smallest absolute Gasteiger partial charge is 0.335 e. The van der Waals surface area contributed by atoms with Crippen molar-refractivity contribution in [1.29, 1.82) is 5.26 Å². The Hall–Kier alpha value is -3.63. The molecule has 43 heavy (non-hydrogen) atoms. The normalized spacial score (nSPS) is 17.9. The van der Waals surface area contributed by atoms with Gasteiger partial charge in [-0.1, -0.05) is 6.07 Å². The second kappa shape index (κ2) is 13.8. The Bertz CT molecular complexity index is 1670. The molecule has 3 aromatic carbocycles. The van der Waals surface area contributed by atoms with E-state index in [9.17, 15) is 18.7 Å². The fraction of sp³-hybridized carbons (Fsp3) is 0.323. The monoisotopic (exact) mass is 626 g/mol. The number of aromatic carboxylic acids is 1. The molecule has 8 nitrogen and oxygen atoms in total. The average Bonchev–Trinajstić information content (AvgIpc) is 3.54. The highest BCUT2D eigenvalue weighted by Crippen LogP contribution is 2.31. The van der Waals surface area contributed by atoms with Crippen molar-refractivity contribution in [3.8, 4) is 11.8 Å². The molecule has 0 aliphatic carbocycles. The number of carboxylic acid groups (broad SMARTS) is 1. The lowest BCUT2D eigenvalue weighted by atomic mass is 9.96. The van der Waals surface area contributed by atoms with Gasteiger partial charge in [-0.25, -0.2) is 18.6 Å². The number of likely N-dealkylation sites (tertiary alicyclic amines) is 1. The third-order valence-electron chi connectivity index (χ3n) is 7.88. The SMILES string of the molecule is N#Cc1ccc(OCc2cc([C@@H]3CCN(Cc4nc5ccc(C(=O)O)cc5n4C[C@@H]4CCO4)C3)ccc2F)c(F)c1.S.S. The van der Waals surface area contributed by atoms with Crippen LogP contribution in [-0.4, -0.2) is 51.3 Å². The van der Waals surface area contributed by atoms with E-state index in [1.54, 1.807) is 30.3 Å². The van der Waals surface area contributed by atoms with Gasteiger partial charge in [0.2, 0.25) is 0 Å². The molecule has 12 heteroatoms. The molecule has 3 heterocycles. The molecule has 0 unspecified atom stereocenters. The van der Waals surface area contributed by atoms with Crippen molar-refractivity contribution >= 4 is 44.0 Å². The van der Waals surface area contributed by atoms with Crippen molar-refractivity contribution < 1.29 is 28.2 Å². The van der Waals surface area contributed by atoms with E-state index >= 15 is 0 Å². The zero-order chi connectivity index (χ0) is 28.5. The fourth-order valence-corrected chi connectivity index (χ4v) is 5.51. The molecule has 226 valence electrons. The lowest BCUT2D eigenvalue weighted by molar-refractivity contribution is -0.0591. The van der Waals surface area contributed by atoms with Gasteiger partial charge >= 0.3 is 5.97 Å². The molecule has 2 atom stereocenters. The number of hydrogen-bond acceptors (Lipinski definition) is 6. The number of nitriles is 1. The van der Waals surface area contributed by atoms with E-state index in [0.717, 1.165) is 61.0 Å². The van der Waals surface area contributed by atoms with Gasteiger partial charge in [0.05, 0.1) is 47.4 Å². The summed E-state index contributed by atoms with van der Waals surface area (Å²) in [6, 6.07) is 15.8. The number of imidazole rings is 1. The van der Waals surface area contributed by atoms with E-state index in [1.807, 2.05) is 6.07 Å². The Morgan fingerprint density at radius 3 is 2.60 bits per heavy atom. The van der Waals surface area contributed by atoms with Gasteiger partial charge in [0.1, 0.15) is 18.2 Å². The number of benzene rings is 3. The Morgan fingerprint density at radius 1 is 1.09 bits per heavy atom. The highest BCUT2D eigenvalue weighted by molar-refractivity contribution is 7.59. The van der Waals surface area contributed by atoms with Crippen molar-refractivity contribution in [2.75, 3.05) is 19.7 Å². The summed E-state index contributed by atoms with van der Waals surface area (Å²) in [5.74, 6) is -1.07. The lowest BCUT2D eigenvalue weighted by Crippen LogP contribution is -2.32. The zero-order valence-electron chi connectivity index (χ0n) is 23.2. The van der Waals surface area contributed by atoms with Gasteiger partial charge in [-0.05, 0) is 79.4 Å². The van der Waals surface area contributed by atoms with Crippen LogP contribution in [0.25, 0.3) is 11.0 Å². The summed E-state index contributed by atoms with van der Waals surface area (Å²) in [5, 5.41) is 18.4. The molecule has 2 fully saturated rings. The van der Waals surface area contributed by atoms with Crippen molar-refractivity contribution in [2.45, 2.75) is 44.6 Å². The minimum absolute atomic E-state index is 0. The number of nitrogens with zero attached hydrogens (tertiary/aromatic N) is 4. The van der Waals surface area contributed by atoms with Crippen LogP contribution in [0.2, 0.25) is 0 Å². The fourth-order valence-electron chi connectivity index (χ4n) is 5.51. The molecule has 1 aromatic heterocycles. The summed E-state index contributed by atoms with van der Waals surface area (Å²) in [4.78, 5) is 18.7. The number of fused-ring (bicyclic) bond motifs is 1. The Balaban J connectivity index is 0.00000212. The maximum atomic E-state index is 14.6. The van der Waals surface area contributed by atoms with Crippen molar-refractivity contribution in [3.63, 3.8) is 0 Å². The van der Waals surface area contributed by atoms with Gasteiger partial charge in [-0.2, -0.15) is 32.3 Å². The van der Waals surface area contributed by atoms with Gasteiger partial charge in [0.15, 0.2) is 11.6 Å². The Labute approximate surface area is 261 Å². The quantitative estimate of drug-likeness (QED) is 0.263. The summed E-state index contributed by atoms with van der Waals surface area (Å²) in [6.07, 6.45) is 1.92. The lowest BCUT2D eigenvalue weighted by Gasteiger charge is -2.28. The molecule has 0 bridgehead atoms. The van der Waals surface area contributed by atoms with E-state index in [1.165, 1.54) is 18.2 Å². The molecule has 0 saturated carbocycles. The van der Waals surface area contributed by atoms with Crippen LogP contribution >= 0.6 is 27.0 Å². The van der Waals surface area contributed by atoms with Gasteiger partial charge in [-0.15, -0.1) is 0 Å². The summed E-state index contributed by atoms with van der Waals surface area (Å²) in [5.41, 5.74) is 3.26. The molecule has 0 spiro atoms. The molecule has 2 saturated heterocycles. The minimum atomic E-state index is -0.977. The largest absolute Gasteiger partial charge is 0.486 e. The van der Waals surface area contributed by atoms with Crippen LogP contribution in [0.5, 0.6) is 5.75 Å². The van der Waals surface area contributed by atoms with E-state index < -0.39 is 17.6 Å². The molecule has 4 aromatic rings. The second-order valence-corrected chi connectivity index (χ2v) is 10.5. The topological polar surface area (TPSA) is 101 Å². The Morgan fingerprint density at radius 2 is 1.91 bits per heavy atom. The first-order valence-electron chi connectivity index (χ1n) is 13.5. The standard InChI is InChI=1S/C31H28F2N4O4.2H2S/c32-25-4-2-20(12-23(25)18-41-29-6-1-19(14-34)11-26(29)33)22-7-9-36(15-22)17-30-35-27-5-3-21(31(38)39)13-28(27)37(30)16-24-8-10-40-24;;/h1-6,11-13,22,24H,7-10,15-18H2,(H,38,39);2*1H2/t22-,24+;;/m1../s1. The summed E-state index contributed by atoms with van der Waals surface area (Å²) in [6.45, 7) is 3.38. The van der Waals surface area contributed by atoms with Crippen molar-refractivity contribution in [1.82, 2.24) is 14.5 Å². The number of hydrogen-bond donors (Lipinski definition) is 1. The highest BCUT2D eigenvalue weighted by atomic mass is 32.1. The number of halogens is 2.